The Morgan fingerprint density at radius 2 is 1.80 bits per heavy atom. The van der Waals surface area contributed by atoms with E-state index in [9.17, 15) is 9.59 Å². The molecule has 2 rings (SSSR count). The number of hydrogen-bond acceptors (Lipinski definition) is 2. The van der Waals surface area contributed by atoms with Gasteiger partial charge in [0.15, 0.2) is 11.6 Å². The van der Waals surface area contributed by atoms with Crippen LogP contribution >= 0.6 is 0 Å². The molecule has 0 spiro atoms. The van der Waals surface area contributed by atoms with Gasteiger partial charge in [-0.05, 0) is 12.5 Å². The van der Waals surface area contributed by atoms with E-state index < -0.39 is 0 Å². The zero-order valence-corrected chi connectivity index (χ0v) is 8.19. The minimum absolute atomic E-state index is 0.0647. The van der Waals surface area contributed by atoms with Crippen LogP contribution in [0.15, 0.2) is 48.6 Å². The summed E-state index contributed by atoms with van der Waals surface area (Å²) in [7, 11) is 0. The maximum atomic E-state index is 11.9. The third-order valence-corrected chi connectivity index (χ3v) is 2.40. The minimum Gasteiger partial charge on any atom is -0.289 e. The largest absolute Gasteiger partial charge is 0.289 e. The average molecular weight is 198 g/mol. The molecule has 1 aliphatic rings. The van der Waals surface area contributed by atoms with Crippen LogP contribution in [0.4, 0.5) is 0 Å². The molecule has 0 bridgehead atoms. The van der Waals surface area contributed by atoms with E-state index in [1.54, 1.807) is 30.3 Å². The highest BCUT2D eigenvalue weighted by atomic mass is 16.1. The quantitative estimate of drug-likeness (QED) is 0.684. The van der Waals surface area contributed by atoms with Gasteiger partial charge in [0.1, 0.15) is 0 Å². The van der Waals surface area contributed by atoms with E-state index in [0.717, 1.165) is 0 Å². The molecule has 0 heterocycles. The lowest BCUT2D eigenvalue weighted by atomic mass is 9.88. The molecule has 0 saturated heterocycles. The van der Waals surface area contributed by atoms with Gasteiger partial charge in [0, 0.05) is 16.7 Å². The number of rotatable bonds is 2. The number of carbonyl (C=O) groups excluding carboxylic acids is 2. The van der Waals surface area contributed by atoms with E-state index in [1.165, 1.54) is 6.08 Å². The van der Waals surface area contributed by atoms with Crippen molar-refractivity contribution < 1.29 is 9.59 Å². The zero-order valence-electron chi connectivity index (χ0n) is 8.19. The van der Waals surface area contributed by atoms with Crippen molar-refractivity contribution in [1.29, 1.82) is 0 Å². The van der Waals surface area contributed by atoms with E-state index in [1.807, 2.05) is 0 Å². The predicted octanol–water partition coefficient (Wildman–Crippen LogP) is 2.57. The summed E-state index contributed by atoms with van der Waals surface area (Å²) in [5, 5.41) is 0. The van der Waals surface area contributed by atoms with Crippen molar-refractivity contribution in [3.63, 3.8) is 0 Å². The van der Waals surface area contributed by atoms with Gasteiger partial charge in [-0.3, -0.25) is 9.59 Å². The summed E-state index contributed by atoms with van der Waals surface area (Å²) in [6, 6.07) is 6.89. The van der Waals surface area contributed by atoms with Crippen LogP contribution in [-0.2, 0) is 0 Å². The van der Waals surface area contributed by atoms with Gasteiger partial charge in [-0.15, -0.1) is 6.58 Å². The SMILES string of the molecule is C=CCC1=CC(=O)c2ccccc2C1=O. The first-order chi connectivity index (χ1) is 7.24. The van der Waals surface area contributed by atoms with Crippen LogP contribution in [0.25, 0.3) is 0 Å². The summed E-state index contributed by atoms with van der Waals surface area (Å²) < 4.78 is 0. The molecule has 0 N–H and O–H groups in total. The van der Waals surface area contributed by atoms with Crippen molar-refractivity contribution in [3.8, 4) is 0 Å². The van der Waals surface area contributed by atoms with Gasteiger partial charge in [0.2, 0.25) is 0 Å². The third-order valence-electron chi connectivity index (χ3n) is 2.40. The Hall–Kier alpha value is -1.96. The lowest BCUT2D eigenvalue weighted by molar-refractivity contribution is 0.0983. The van der Waals surface area contributed by atoms with Gasteiger partial charge in [-0.2, -0.15) is 0 Å². The van der Waals surface area contributed by atoms with Gasteiger partial charge in [0.25, 0.3) is 0 Å². The fraction of sp³-hybridized carbons (Fsp3) is 0.0769. The van der Waals surface area contributed by atoms with E-state index in [4.69, 9.17) is 0 Å². The maximum absolute atomic E-state index is 11.9. The van der Waals surface area contributed by atoms with E-state index >= 15 is 0 Å². The number of carbonyl (C=O) groups is 2. The van der Waals surface area contributed by atoms with Crippen molar-refractivity contribution in [1.82, 2.24) is 0 Å². The first-order valence-electron chi connectivity index (χ1n) is 4.73. The normalized spacial score (nSPS) is 14.5. The smallest absolute Gasteiger partial charge is 0.190 e. The highest BCUT2D eigenvalue weighted by Gasteiger charge is 2.23. The topological polar surface area (TPSA) is 34.1 Å². The zero-order chi connectivity index (χ0) is 10.8. The van der Waals surface area contributed by atoms with Gasteiger partial charge in [-0.1, -0.05) is 30.3 Å². The molecule has 74 valence electrons. The molecule has 0 radical (unpaired) electrons. The Kier molecular flexibility index (Phi) is 2.34. The van der Waals surface area contributed by atoms with E-state index in [0.29, 0.717) is 23.1 Å². The molecule has 0 amide bonds. The third kappa shape index (κ3) is 1.54. The predicted molar refractivity (Wildman–Crippen MR) is 58.0 cm³/mol. The molecule has 0 unspecified atom stereocenters. The fourth-order valence-corrected chi connectivity index (χ4v) is 1.68. The standard InChI is InChI=1S/C13H10O2/c1-2-5-9-8-12(14)10-6-3-4-7-11(10)13(9)15/h2-4,6-8H,1,5H2. The highest BCUT2D eigenvalue weighted by molar-refractivity contribution is 6.24. The van der Waals surface area contributed by atoms with Crippen molar-refractivity contribution >= 4 is 11.6 Å². The monoisotopic (exact) mass is 198 g/mol. The summed E-state index contributed by atoms with van der Waals surface area (Å²) in [6.07, 6.45) is 3.48. The Morgan fingerprint density at radius 3 is 2.47 bits per heavy atom. The number of allylic oxidation sites excluding steroid dienone is 3. The summed E-state index contributed by atoms with van der Waals surface area (Å²) in [5.41, 5.74) is 1.52. The van der Waals surface area contributed by atoms with Crippen LogP contribution in [0, 0.1) is 0 Å². The molecule has 0 fully saturated rings. The Balaban J connectivity index is 2.53. The number of hydrogen-bond donors (Lipinski definition) is 0. The summed E-state index contributed by atoms with van der Waals surface area (Å²) in [5.74, 6) is -0.160. The van der Waals surface area contributed by atoms with Crippen molar-refractivity contribution in [2.24, 2.45) is 0 Å². The van der Waals surface area contributed by atoms with Gasteiger partial charge in [-0.25, -0.2) is 0 Å². The van der Waals surface area contributed by atoms with Crippen molar-refractivity contribution in [2.75, 3.05) is 0 Å². The second-order valence-corrected chi connectivity index (χ2v) is 3.40. The molecular formula is C13H10O2. The summed E-state index contributed by atoms with van der Waals surface area (Å²) in [4.78, 5) is 23.5. The average Bonchev–Trinajstić information content (AvgIpc) is 2.26. The maximum Gasteiger partial charge on any atom is 0.190 e. The van der Waals surface area contributed by atoms with Crippen LogP contribution in [0.3, 0.4) is 0 Å². The van der Waals surface area contributed by atoms with Gasteiger partial charge < -0.3 is 0 Å². The molecule has 0 aliphatic heterocycles. The molecule has 1 aliphatic carbocycles. The van der Waals surface area contributed by atoms with Crippen LogP contribution in [0.1, 0.15) is 27.1 Å². The molecule has 0 atom stereocenters. The van der Waals surface area contributed by atoms with Crippen molar-refractivity contribution in [3.05, 3.63) is 59.7 Å². The second-order valence-electron chi connectivity index (χ2n) is 3.40. The van der Waals surface area contributed by atoms with Crippen LogP contribution in [0.5, 0.6) is 0 Å². The Bertz CT molecular complexity index is 481. The number of Topliss-reactive ketones (excluding diaryl/α,β-unsaturated/α-hetero) is 1. The van der Waals surface area contributed by atoms with E-state index in [2.05, 4.69) is 6.58 Å². The number of ketones is 2. The Morgan fingerprint density at radius 1 is 1.13 bits per heavy atom. The Labute approximate surface area is 87.9 Å². The van der Waals surface area contributed by atoms with E-state index in [-0.39, 0.29) is 11.6 Å². The first kappa shape index (κ1) is 9.59. The molecule has 15 heavy (non-hydrogen) atoms. The minimum atomic E-state index is -0.0953. The van der Waals surface area contributed by atoms with Crippen LogP contribution in [0.2, 0.25) is 0 Å². The molecular weight excluding hydrogens is 188 g/mol. The highest BCUT2D eigenvalue weighted by Crippen LogP contribution is 2.22. The molecule has 2 heteroatoms. The van der Waals surface area contributed by atoms with Crippen LogP contribution < -0.4 is 0 Å². The molecule has 0 saturated carbocycles. The number of fused-ring (bicyclic) bond motifs is 1. The first-order valence-corrected chi connectivity index (χ1v) is 4.73. The van der Waals surface area contributed by atoms with Crippen molar-refractivity contribution in [2.45, 2.75) is 6.42 Å². The van der Waals surface area contributed by atoms with Gasteiger partial charge >= 0.3 is 0 Å². The molecule has 0 aromatic heterocycles. The fourth-order valence-electron chi connectivity index (χ4n) is 1.68. The lowest BCUT2D eigenvalue weighted by Gasteiger charge is -2.13. The molecule has 1 aromatic rings. The second kappa shape index (κ2) is 3.65. The van der Waals surface area contributed by atoms with Crippen LogP contribution in [-0.4, -0.2) is 11.6 Å². The van der Waals surface area contributed by atoms with Gasteiger partial charge in [0.05, 0.1) is 0 Å². The number of benzene rings is 1. The lowest BCUT2D eigenvalue weighted by Crippen LogP contribution is -2.16. The summed E-state index contributed by atoms with van der Waals surface area (Å²) in [6.45, 7) is 3.57. The molecule has 2 nitrogen and oxygen atoms in total. The summed E-state index contributed by atoms with van der Waals surface area (Å²) >= 11 is 0. The molecule has 1 aromatic carbocycles.